The first-order valence-corrected chi connectivity index (χ1v) is 9.28. The summed E-state index contributed by atoms with van der Waals surface area (Å²) in [6, 6.07) is -0.0254. The van der Waals surface area contributed by atoms with Gasteiger partial charge in [-0.05, 0) is 31.6 Å². The normalized spacial score (nSPS) is 23.8. The van der Waals surface area contributed by atoms with Crippen molar-refractivity contribution in [1.82, 2.24) is 19.4 Å². The maximum atomic E-state index is 12.9. The number of hydrogen-bond acceptors (Lipinski definition) is 4. The van der Waals surface area contributed by atoms with Gasteiger partial charge in [-0.15, -0.1) is 24.8 Å². The summed E-state index contributed by atoms with van der Waals surface area (Å²) >= 11 is 0. The van der Waals surface area contributed by atoms with Crippen molar-refractivity contribution < 1.29 is 9.59 Å². The van der Waals surface area contributed by atoms with Gasteiger partial charge >= 0.3 is 0 Å². The van der Waals surface area contributed by atoms with Crippen LogP contribution in [0.5, 0.6) is 0 Å². The highest BCUT2D eigenvalue weighted by atomic mass is 35.5. The Morgan fingerprint density at radius 1 is 1.07 bits per heavy atom. The highest BCUT2D eigenvalue weighted by Crippen LogP contribution is 2.24. The number of halogens is 2. The second-order valence-corrected chi connectivity index (χ2v) is 7.49. The molecule has 2 amide bonds. The van der Waals surface area contributed by atoms with E-state index in [0.717, 1.165) is 45.3 Å². The van der Waals surface area contributed by atoms with E-state index in [-0.39, 0.29) is 48.6 Å². The summed E-state index contributed by atoms with van der Waals surface area (Å²) in [7, 11) is 0. The van der Waals surface area contributed by atoms with Crippen LogP contribution in [-0.4, -0.2) is 63.4 Å². The van der Waals surface area contributed by atoms with Crippen LogP contribution in [0.2, 0.25) is 0 Å². The summed E-state index contributed by atoms with van der Waals surface area (Å²) in [6.07, 6.45) is 9.26. The van der Waals surface area contributed by atoms with Crippen LogP contribution in [0.3, 0.4) is 0 Å². The number of likely N-dealkylation sites (tertiary alicyclic amines) is 2. The third kappa shape index (κ3) is 6.36. The second-order valence-electron chi connectivity index (χ2n) is 7.49. The molecule has 0 unspecified atom stereocenters. The minimum Gasteiger partial charge on any atom is -0.342 e. The van der Waals surface area contributed by atoms with Gasteiger partial charge in [0.2, 0.25) is 11.8 Å². The van der Waals surface area contributed by atoms with Crippen molar-refractivity contribution in [3.05, 3.63) is 18.7 Å². The van der Waals surface area contributed by atoms with Crippen molar-refractivity contribution in [1.29, 1.82) is 0 Å². The monoisotopic (exact) mass is 419 g/mol. The van der Waals surface area contributed by atoms with E-state index in [1.807, 2.05) is 17.4 Å². The van der Waals surface area contributed by atoms with Gasteiger partial charge in [0.25, 0.3) is 0 Å². The van der Waals surface area contributed by atoms with Gasteiger partial charge in [-0.25, -0.2) is 4.98 Å². The number of nitrogens with two attached hydrogens (primary N) is 1. The molecule has 3 heterocycles. The van der Waals surface area contributed by atoms with E-state index in [1.165, 1.54) is 0 Å². The van der Waals surface area contributed by atoms with Gasteiger partial charge in [-0.3, -0.25) is 9.59 Å². The molecule has 1 aromatic rings. The predicted molar refractivity (Wildman–Crippen MR) is 109 cm³/mol. The molecule has 2 aliphatic rings. The first kappa shape index (κ1) is 23.7. The highest BCUT2D eigenvalue weighted by molar-refractivity contribution is 5.85. The van der Waals surface area contributed by atoms with Crippen LogP contribution in [0.1, 0.15) is 32.6 Å². The zero-order valence-corrected chi connectivity index (χ0v) is 17.5. The molecule has 154 valence electrons. The Morgan fingerprint density at radius 2 is 1.78 bits per heavy atom. The van der Waals surface area contributed by atoms with E-state index >= 15 is 0 Å². The van der Waals surface area contributed by atoms with Crippen LogP contribution < -0.4 is 5.73 Å². The Labute approximate surface area is 173 Å². The van der Waals surface area contributed by atoms with Gasteiger partial charge in [0.15, 0.2) is 0 Å². The third-order valence-corrected chi connectivity index (χ3v) is 5.53. The average molecular weight is 420 g/mol. The van der Waals surface area contributed by atoms with Gasteiger partial charge < -0.3 is 20.1 Å². The number of hydrogen-bond donors (Lipinski definition) is 1. The van der Waals surface area contributed by atoms with E-state index in [9.17, 15) is 9.59 Å². The fraction of sp³-hybridized carbons (Fsp3) is 0.722. The molecule has 0 spiro atoms. The average Bonchev–Trinajstić information content (AvgIpc) is 3.02. The van der Waals surface area contributed by atoms with Crippen LogP contribution in [-0.2, 0) is 16.1 Å². The summed E-state index contributed by atoms with van der Waals surface area (Å²) in [5.74, 6) is 0.688. The summed E-state index contributed by atoms with van der Waals surface area (Å²) in [5.41, 5.74) is 6.06. The molecule has 2 atom stereocenters. The minimum atomic E-state index is -0.109. The smallest absolute Gasteiger partial charge is 0.227 e. The van der Waals surface area contributed by atoms with Crippen LogP contribution in [0.25, 0.3) is 0 Å². The van der Waals surface area contributed by atoms with Crippen LogP contribution in [0.4, 0.5) is 0 Å². The Hall–Kier alpha value is -1.31. The molecule has 2 N–H and O–H groups in total. The van der Waals surface area contributed by atoms with Gasteiger partial charge in [0.05, 0.1) is 12.2 Å². The quantitative estimate of drug-likeness (QED) is 0.804. The zero-order valence-electron chi connectivity index (χ0n) is 15.8. The number of amides is 2. The topological polar surface area (TPSA) is 84.5 Å². The van der Waals surface area contributed by atoms with Crippen molar-refractivity contribution in [2.24, 2.45) is 17.6 Å². The SMILES string of the molecule is CC(=O)N1C[C@@H](N)CC[C@@H](C(=O)N2CCC(Cn3ccnc3)CC2)C1.Cl.Cl. The molecule has 2 fully saturated rings. The Kier molecular flexibility index (Phi) is 9.56. The zero-order chi connectivity index (χ0) is 17.8. The lowest BCUT2D eigenvalue weighted by Gasteiger charge is -2.35. The summed E-state index contributed by atoms with van der Waals surface area (Å²) in [6.45, 7) is 5.21. The summed E-state index contributed by atoms with van der Waals surface area (Å²) < 4.78 is 2.11. The second kappa shape index (κ2) is 10.9. The molecular weight excluding hydrogens is 389 g/mol. The first-order chi connectivity index (χ1) is 12.0. The molecule has 0 radical (unpaired) electrons. The summed E-state index contributed by atoms with van der Waals surface area (Å²) in [5, 5.41) is 0. The minimum absolute atomic E-state index is 0. The number of rotatable bonds is 3. The van der Waals surface area contributed by atoms with Gasteiger partial charge in [0, 0.05) is 58.1 Å². The fourth-order valence-corrected chi connectivity index (χ4v) is 3.97. The third-order valence-electron chi connectivity index (χ3n) is 5.53. The van der Waals surface area contributed by atoms with E-state index in [2.05, 4.69) is 9.55 Å². The van der Waals surface area contributed by atoms with Crippen LogP contribution in [0, 0.1) is 11.8 Å². The Morgan fingerprint density at radius 3 is 2.37 bits per heavy atom. The van der Waals surface area contributed by atoms with E-state index in [0.29, 0.717) is 19.0 Å². The first-order valence-electron chi connectivity index (χ1n) is 9.28. The molecule has 0 bridgehead atoms. The van der Waals surface area contributed by atoms with Crippen LogP contribution in [0.15, 0.2) is 18.7 Å². The van der Waals surface area contributed by atoms with Crippen molar-refractivity contribution in [2.75, 3.05) is 26.2 Å². The molecule has 27 heavy (non-hydrogen) atoms. The van der Waals surface area contributed by atoms with Gasteiger partial charge in [-0.2, -0.15) is 0 Å². The molecule has 0 aliphatic carbocycles. The molecule has 0 aromatic carbocycles. The predicted octanol–water partition coefficient (Wildman–Crippen LogP) is 1.55. The standard InChI is InChI=1S/C18H29N5O2.2ClH/c1-14(24)23-11-16(2-3-17(19)12-23)18(25)22-7-4-15(5-8-22)10-21-9-6-20-13-21;;/h6,9,13,15-17H,2-5,7-8,10-12,19H2,1H3;2*1H/t16-,17+;;/m1../s1. The summed E-state index contributed by atoms with van der Waals surface area (Å²) in [4.78, 5) is 32.5. The maximum absolute atomic E-state index is 12.9. The van der Waals surface area contributed by atoms with Crippen LogP contribution >= 0.6 is 24.8 Å². The molecule has 2 aliphatic heterocycles. The van der Waals surface area contributed by atoms with Crippen molar-refractivity contribution in [3.8, 4) is 0 Å². The molecule has 7 nitrogen and oxygen atoms in total. The molecule has 1 aromatic heterocycles. The number of piperidine rings is 1. The number of imidazole rings is 1. The molecule has 2 saturated heterocycles. The van der Waals surface area contributed by atoms with Crippen molar-refractivity contribution >= 4 is 36.6 Å². The van der Waals surface area contributed by atoms with Gasteiger partial charge in [0.1, 0.15) is 0 Å². The number of carbonyl (C=O) groups excluding carboxylic acids is 2. The largest absolute Gasteiger partial charge is 0.342 e. The fourth-order valence-electron chi connectivity index (χ4n) is 3.97. The lowest BCUT2D eigenvalue weighted by Crippen LogP contribution is -2.46. The Balaban J connectivity index is 0.00000182. The van der Waals surface area contributed by atoms with E-state index < -0.39 is 0 Å². The number of carbonyl (C=O) groups is 2. The molecule has 0 saturated carbocycles. The van der Waals surface area contributed by atoms with Crippen molar-refractivity contribution in [2.45, 2.75) is 45.2 Å². The van der Waals surface area contributed by atoms with Gasteiger partial charge in [-0.1, -0.05) is 0 Å². The molecular formula is C18H31Cl2N5O2. The highest BCUT2D eigenvalue weighted by Gasteiger charge is 2.32. The molecule has 3 rings (SSSR count). The van der Waals surface area contributed by atoms with Crippen molar-refractivity contribution in [3.63, 3.8) is 0 Å². The maximum Gasteiger partial charge on any atom is 0.227 e. The number of aromatic nitrogens is 2. The van der Waals surface area contributed by atoms with E-state index in [1.54, 1.807) is 18.0 Å². The lowest BCUT2D eigenvalue weighted by atomic mass is 9.94. The van der Waals surface area contributed by atoms with E-state index in [4.69, 9.17) is 5.73 Å². The Bertz CT molecular complexity index is 591. The number of nitrogens with zero attached hydrogens (tertiary/aromatic N) is 4. The lowest BCUT2D eigenvalue weighted by molar-refractivity contribution is -0.139. The molecule has 9 heteroatoms.